The van der Waals surface area contributed by atoms with Gasteiger partial charge in [-0.3, -0.25) is 34.7 Å². The van der Waals surface area contributed by atoms with Crippen molar-refractivity contribution in [2.24, 2.45) is 0 Å². The van der Waals surface area contributed by atoms with Gasteiger partial charge < -0.3 is 4.52 Å². The molecule has 2 heterocycles. The van der Waals surface area contributed by atoms with Crippen LogP contribution in [0.1, 0.15) is 39.3 Å². The van der Waals surface area contributed by atoms with E-state index in [2.05, 4.69) is 10.5 Å². The predicted molar refractivity (Wildman–Crippen MR) is 87.6 cm³/mol. The van der Waals surface area contributed by atoms with E-state index in [-0.39, 0.29) is 48.0 Å². The monoisotopic (exact) mass is 358 g/mol. The van der Waals surface area contributed by atoms with Crippen LogP contribution in [0.3, 0.4) is 0 Å². The molecule has 0 radical (unpaired) electrons. The molecule has 1 aliphatic rings. The minimum absolute atomic E-state index is 0.00536. The van der Waals surface area contributed by atoms with E-state index >= 15 is 0 Å². The number of amides is 3. The second kappa shape index (κ2) is 6.75. The highest BCUT2D eigenvalue weighted by molar-refractivity contribution is 6.21. The van der Waals surface area contributed by atoms with Crippen molar-refractivity contribution in [2.45, 2.75) is 19.8 Å². The zero-order valence-corrected chi connectivity index (χ0v) is 13.7. The number of carbonyl (C=O) groups excluding carboxylic acids is 3. The molecule has 3 amide bonds. The minimum Gasteiger partial charge on any atom is -0.338 e. The molecule has 10 nitrogen and oxygen atoms in total. The first kappa shape index (κ1) is 17.3. The molecule has 0 aliphatic carbocycles. The molecule has 1 N–H and O–H groups in total. The molecule has 0 saturated heterocycles. The van der Waals surface area contributed by atoms with Gasteiger partial charge in [-0.15, -0.1) is 0 Å². The number of anilines is 1. The Morgan fingerprint density at radius 3 is 2.65 bits per heavy atom. The fourth-order valence-electron chi connectivity index (χ4n) is 2.62. The number of imide groups is 1. The molecule has 134 valence electrons. The van der Waals surface area contributed by atoms with Gasteiger partial charge in [0.05, 0.1) is 21.7 Å². The number of rotatable bonds is 6. The van der Waals surface area contributed by atoms with Crippen molar-refractivity contribution in [1.29, 1.82) is 0 Å². The fraction of sp³-hybridized carbons (Fsp3) is 0.250. The third kappa shape index (κ3) is 3.29. The maximum absolute atomic E-state index is 12.3. The maximum atomic E-state index is 12.3. The Kier molecular flexibility index (Phi) is 4.48. The molecule has 26 heavy (non-hydrogen) atoms. The molecule has 1 aromatic heterocycles. The van der Waals surface area contributed by atoms with Crippen LogP contribution in [0.15, 0.2) is 28.8 Å². The number of hydrogen-bond donors (Lipinski definition) is 1. The van der Waals surface area contributed by atoms with Gasteiger partial charge in [0, 0.05) is 31.2 Å². The molecule has 2 aromatic rings. The normalized spacial score (nSPS) is 13.0. The van der Waals surface area contributed by atoms with Gasteiger partial charge in [0.1, 0.15) is 0 Å². The zero-order chi connectivity index (χ0) is 18.8. The van der Waals surface area contributed by atoms with E-state index in [0.717, 1.165) is 11.0 Å². The number of benzene rings is 1. The van der Waals surface area contributed by atoms with Gasteiger partial charge in [-0.1, -0.05) is 5.16 Å². The van der Waals surface area contributed by atoms with Crippen LogP contribution in [0, 0.1) is 17.0 Å². The second-order valence-electron chi connectivity index (χ2n) is 5.73. The molecule has 0 spiro atoms. The fourth-order valence-corrected chi connectivity index (χ4v) is 2.62. The molecule has 1 aromatic carbocycles. The Balaban J connectivity index is 1.58. The van der Waals surface area contributed by atoms with Crippen molar-refractivity contribution in [2.75, 3.05) is 11.9 Å². The quantitative estimate of drug-likeness (QED) is 0.473. The number of nitrogens with zero attached hydrogens (tertiary/aromatic N) is 3. The first-order chi connectivity index (χ1) is 12.4. The van der Waals surface area contributed by atoms with E-state index in [1.807, 2.05) is 0 Å². The van der Waals surface area contributed by atoms with Gasteiger partial charge in [-0.05, 0) is 19.4 Å². The van der Waals surface area contributed by atoms with Gasteiger partial charge in [-0.2, -0.15) is 0 Å². The van der Waals surface area contributed by atoms with Gasteiger partial charge >= 0.3 is 0 Å². The molecule has 0 saturated carbocycles. The number of non-ortho nitro benzene ring substituents is 1. The maximum Gasteiger partial charge on any atom is 0.270 e. The van der Waals surface area contributed by atoms with Crippen molar-refractivity contribution in [1.82, 2.24) is 10.1 Å². The third-order valence-corrected chi connectivity index (χ3v) is 3.84. The summed E-state index contributed by atoms with van der Waals surface area (Å²) in [6, 6.07) is 5.11. The lowest BCUT2D eigenvalue weighted by atomic mass is 10.1. The number of aryl methyl sites for hydroxylation is 1. The van der Waals surface area contributed by atoms with Crippen LogP contribution in [0.4, 0.5) is 11.6 Å². The van der Waals surface area contributed by atoms with Crippen molar-refractivity contribution in [3.05, 3.63) is 51.2 Å². The lowest BCUT2D eigenvalue weighted by Gasteiger charge is -2.13. The van der Waals surface area contributed by atoms with Crippen LogP contribution in [0.2, 0.25) is 0 Å². The molecule has 10 heteroatoms. The van der Waals surface area contributed by atoms with E-state index in [1.54, 1.807) is 13.0 Å². The standard InChI is InChI=1S/C16H14N4O6/c1-9-7-14(26-18-9)17-13(21)3-2-6-19-15(22)11-5-4-10(20(24)25)8-12(11)16(19)23/h4-5,7-8H,2-3,6H2,1H3,(H,17,21). The molecule has 0 unspecified atom stereocenters. The number of nitro groups is 1. The highest BCUT2D eigenvalue weighted by Gasteiger charge is 2.36. The van der Waals surface area contributed by atoms with Gasteiger partial charge in [-0.25, -0.2) is 0 Å². The lowest BCUT2D eigenvalue weighted by molar-refractivity contribution is -0.384. The van der Waals surface area contributed by atoms with Crippen LogP contribution in [-0.2, 0) is 4.79 Å². The van der Waals surface area contributed by atoms with Crippen LogP contribution in [-0.4, -0.2) is 39.2 Å². The van der Waals surface area contributed by atoms with Crippen molar-refractivity contribution >= 4 is 29.3 Å². The SMILES string of the molecule is Cc1cc(NC(=O)CCCN2C(=O)c3ccc([N+](=O)[O-])cc3C2=O)on1. The van der Waals surface area contributed by atoms with Crippen LogP contribution in [0.5, 0.6) is 0 Å². The molecular formula is C16H14N4O6. The number of nitrogens with one attached hydrogen (secondary N) is 1. The summed E-state index contributed by atoms with van der Waals surface area (Å²) in [5.74, 6) is -1.24. The molecule has 0 bridgehead atoms. The summed E-state index contributed by atoms with van der Waals surface area (Å²) in [7, 11) is 0. The molecule has 3 rings (SSSR count). The van der Waals surface area contributed by atoms with E-state index in [0.29, 0.717) is 5.69 Å². The van der Waals surface area contributed by atoms with Crippen molar-refractivity contribution in [3.8, 4) is 0 Å². The van der Waals surface area contributed by atoms with E-state index in [4.69, 9.17) is 4.52 Å². The Labute approximate surface area is 146 Å². The first-order valence-corrected chi connectivity index (χ1v) is 7.74. The Morgan fingerprint density at radius 1 is 1.27 bits per heavy atom. The van der Waals surface area contributed by atoms with Crippen LogP contribution in [0.25, 0.3) is 0 Å². The first-order valence-electron chi connectivity index (χ1n) is 7.74. The van der Waals surface area contributed by atoms with E-state index in [9.17, 15) is 24.5 Å². The zero-order valence-electron chi connectivity index (χ0n) is 13.7. The lowest BCUT2D eigenvalue weighted by Crippen LogP contribution is -2.31. The van der Waals surface area contributed by atoms with Crippen LogP contribution < -0.4 is 5.32 Å². The van der Waals surface area contributed by atoms with E-state index in [1.165, 1.54) is 12.1 Å². The molecular weight excluding hydrogens is 344 g/mol. The molecule has 0 fully saturated rings. The number of aromatic nitrogens is 1. The highest BCUT2D eigenvalue weighted by Crippen LogP contribution is 2.27. The Bertz CT molecular complexity index is 919. The summed E-state index contributed by atoms with van der Waals surface area (Å²) in [5, 5.41) is 17.0. The van der Waals surface area contributed by atoms with Crippen molar-refractivity contribution in [3.63, 3.8) is 0 Å². The summed E-state index contributed by atoms with van der Waals surface area (Å²) in [5.41, 5.74) is 0.502. The van der Waals surface area contributed by atoms with Gasteiger partial charge in [0.15, 0.2) is 0 Å². The second-order valence-corrected chi connectivity index (χ2v) is 5.73. The summed E-state index contributed by atoms with van der Waals surface area (Å²) < 4.78 is 4.87. The average molecular weight is 358 g/mol. The van der Waals surface area contributed by atoms with Crippen molar-refractivity contribution < 1.29 is 23.8 Å². The topological polar surface area (TPSA) is 136 Å². The minimum atomic E-state index is -0.629. The largest absolute Gasteiger partial charge is 0.338 e. The number of carbonyl (C=O) groups is 3. The van der Waals surface area contributed by atoms with Gasteiger partial charge in [0.2, 0.25) is 11.8 Å². The third-order valence-electron chi connectivity index (χ3n) is 3.84. The van der Waals surface area contributed by atoms with Crippen LogP contribution >= 0.6 is 0 Å². The predicted octanol–water partition coefficient (Wildman–Crippen LogP) is 1.91. The number of nitro benzene ring substituents is 1. The Morgan fingerprint density at radius 2 is 2.00 bits per heavy atom. The van der Waals surface area contributed by atoms with Gasteiger partial charge in [0.25, 0.3) is 17.5 Å². The summed E-state index contributed by atoms with van der Waals surface area (Å²) in [6.45, 7) is 1.74. The summed E-state index contributed by atoms with van der Waals surface area (Å²) >= 11 is 0. The van der Waals surface area contributed by atoms with E-state index < -0.39 is 16.7 Å². The Hall–Kier alpha value is -3.56. The average Bonchev–Trinajstić information content (AvgIpc) is 3.10. The number of hydrogen-bond acceptors (Lipinski definition) is 7. The molecule has 1 aliphatic heterocycles. The summed E-state index contributed by atoms with van der Waals surface area (Å²) in [4.78, 5) is 47.6. The smallest absolute Gasteiger partial charge is 0.270 e. The number of fused-ring (bicyclic) bond motifs is 1. The summed E-state index contributed by atoms with van der Waals surface area (Å²) in [6.07, 6.45) is 0.305. The highest BCUT2D eigenvalue weighted by atomic mass is 16.6. The molecule has 0 atom stereocenters.